The first-order valence-electron chi connectivity index (χ1n) is 7.19. The molecule has 23 heavy (non-hydrogen) atoms. The van der Waals surface area contributed by atoms with Crippen LogP contribution in [0.4, 0.5) is 0 Å². The Hall–Kier alpha value is -2.20. The van der Waals surface area contributed by atoms with Crippen molar-refractivity contribution in [3.8, 4) is 0 Å². The lowest BCUT2D eigenvalue weighted by Gasteiger charge is -2.24. The highest BCUT2D eigenvalue weighted by atomic mass is 16.4. The zero-order valence-electron chi connectivity index (χ0n) is 12.6. The zero-order valence-corrected chi connectivity index (χ0v) is 12.6. The number of amides is 2. The number of aliphatic hydroxyl groups is 1. The molecule has 0 saturated carbocycles. The molecular formula is C13H21N3O7. The number of hydrogen-bond donors (Lipinski definition) is 6. The molecule has 1 aliphatic heterocycles. The third-order valence-electron chi connectivity index (χ3n) is 3.43. The van der Waals surface area contributed by atoms with E-state index < -0.39 is 54.4 Å². The van der Waals surface area contributed by atoms with Crippen molar-refractivity contribution in [1.29, 1.82) is 0 Å². The van der Waals surface area contributed by atoms with Gasteiger partial charge >= 0.3 is 11.9 Å². The number of carbonyl (C=O) groups excluding carboxylic acids is 2. The number of aliphatic carboxylic acids is 2. The van der Waals surface area contributed by atoms with Crippen molar-refractivity contribution in [1.82, 2.24) is 16.0 Å². The number of carboxylic acids is 2. The molecule has 4 atom stereocenters. The molecular weight excluding hydrogens is 310 g/mol. The Bertz CT molecular complexity index is 474. The van der Waals surface area contributed by atoms with E-state index in [0.717, 1.165) is 6.42 Å². The molecule has 0 aromatic carbocycles. The van der Waals surface area contributed by atoms with Gasteiger partial charge in [0.2, 0.25) is 11.8 Å². The van der Waals surface area contributed by atoms with Crippen LogP contribution in [0, 0.1) is 0 Å². The Morgan fingerprint density at radius 1 is 1.22 bits per heavy atom. The summed E-state index contributed by atoms with van der Waals surface area (Å²) >= 11 is 0. The van der Waals surface area contributed by atoms with E-state index >= 15 is 0 Å². The Balaban J connectivity index is 2.71. The SMILES string of the molecule is CC(O)C(NC(=O)C1CCCN1)C(=O)NC(CC(=O)O)C(=O)O. The molecule has 0 aromatic heterocycles. The van der Waals surface area contributed by atoms with Crippen LogP contribution in [0.1, 0.15) is 26.2 Å². The van der Waals surface area contributed by atoms with Gasteiger partial charge in [0.1, 0.15) is 12.1 Å². The predicted octanol–water partition coefficient (Wildman–Crippen LogP) is -2.35. The van der Waals surface area contributed by atoms with Crippen LogP contribution in [0.15, 0.2) is 0 Å². The summed E-state index contributed by atoms with van der Waals surface area (Å²) in [6, 6.07) is -3.50. The molecule has 1 rings (SSSR count). The number of aliphatic hydroxyl groups excluding tert-OH is 1. The largest absolute Gasteiger partial charge is 0.481 e. The molecule has 0 bridgehead atoms. The van der Waals surface area contributed by atoms with Crippen LogP contribution >= 0.6 is 0 Å². The topological polar surface area (TPSA) is 165 Å². The molecule has 1 aliphatic rings. The Morgan fingerprint density at radius 2 is 1.87 bits per heavy atom. The van der Waals surface area contributed by atoms with Crippen LogP contribution in [0.5, 0.6) is 0 Å². The summed E-state index contributed by atoms with van der Waals surface area (Å²) in [6.07, 6.45) is -0.689. The number of nitrogens with one attached hydrogen (secondary N) is 3. The molecule has 2 amide bonds. The fraction of sp³-hybridized carbons (Fsp3) is 0.692. The van der Waals surface area contributed by atoms with Crippen molar-refractivity contribution in [2.24, 2.45) is 0 Å². The predicted molar refractivity (Wildman–Crippen MR) is 76.5 cm³/mol. The van der Waals surface area contributed by atoms with Gasteiger partial charge in [0.25, 0.3) is 0 Å². The molecule has 10 heteroatoms. The fourth-order valence-corrected chi connectivity index (χ4v) is 2.20. The van der Waals surface area contributed by atoms with E-state index in [2.05, 4.69) is 10.6 Å². The number of rotatable bonds is 8. The van der Waals surface area contributed by atoms with Gasteiger partial charge in [-0.15, -0.1) is 0 Å². The molecule has 4 unspecified atom stereocenters. The highest BCUT2D eigenvalue weighted by Gasteiger charge is 2.32. The molecule has 6 N–H and O–H groups in total. The first-order chi connectivity index (χ1) is 10.7. The maximum atomic E-state index is 12.1. The van der Waals surface area contributed by atoms with Gasteiger partial charge in [0, 0.05) is 0 Å². The van der Waals surface area contributed by atoms with E-state index in [4.69, 9.17) is 10.2 Å². The Morgan fingerprint density at radius 3 is 2.30 bits per heavy atom. The second-order valence-electron chi connectivity index (χ2n) is 5.37. The van der Waals surface area contributed by atoms with Gasteiger partial charge < -0.3 is 31.3 Å². The minimum atomic E-state index is -1.65. The third-order valence-corrected chi connectivity index (χ3v) is 3.43. The molecule has 130 valence electrons. The number of hydrogen-bond acceptors (Lipinski definition) is 6. The van der Waals surface area contributed by atoms with Crippen molar-refractivity contribution >= 4 is 23.8 Å². The van der Waals surface area contributed by atoms with Gasteiger partial charge in [-0.3, -0.25) is 14.4 Å². The van der Waals surface area contributed by atoms with Crippen molar-refractivity contribution in [3.05, 3.63) is 0 Å². The van der Waals surface area contributed by atoms with E-state index in [1.807, 2.05) is 5.32 Å². The van der Waals surface area contributed by atoms with E-state index in [1.165, 1.54) is 6.92 Å². The van der Waals surface area contributed by atoms with Crippen LogP contribution in [0.2, 0.25) is 0 Å². The molecule has 0 radical (unpaired) electrons. The summed E-state index contributed by atoms with van der Waals surface area (Å²) < 4.78 is 0. The summed E-state index contributed by atoms with van der Waals surface area (Å²) in [5, 5.41) is 34.5. The normalized spacial score (nSPS) is 21.0. The standard InChI is InChI=1S/C13H21N3O7/c1-6(17)10(16-11(20)7-3-2-4-14-7)12(21)15-8(13(22)23)5-9(18)19/h6-8,10,14,17H,2-5H2,1H3,(H,15,21)(H,16,20)(H,18,19)(H,22,23). The summed E-state index contributed by atoms with van der Waals surface area (Å²) in [7, 11) is 0. The van der Waals surface area contributed by atoms with Crippen molar-refractivity contribution in [2.45, 2.75) is 50.4 Å². The monoisotopic (exact) mass is 331 g/mol. The summed E-state index contributed by atoms with van der Waals surface area (Å²) in [5.74, 6) is -4.35. The summed E-state index contributed by atoms with van der Waals surface area (Å²) in [5.41, 5.74) is 0. The fourth-order valence-electron chi connectivity index (χ4n) is 2.20. The molecule has 0 aliphatic carbocycles. The van der Waals surface area contributed by atoms with Gasteiger partial charge in [-0.2, -0.15) is 0 Å². The zero-order chi connectivity index (χ0) is 17.6. The van der Waals surface area contributed by atoms with Crippen LogP contribution < -0.4 is 16.0 Å². The molecule has 1 fully saturated rings. The summed E-state index contributed by atoms with van der Waals surface area (Å²) in [6.45, 7) is 1.93. The minimum absolute atomic E-state index is 0.474. The maximum absolute atomic E-state index is 12.1. The van der Waals surface area contributed by atoms with Gasteiger partial charge in [0.15, 0.2) is 0 Å². The lowest BCUT2D eigenvalue weighted by Crippen LogP contribution is -2.58. The van der Waals surface area contributed by atoms with Crippen LogP contribution in [-0.4, -0.2) is 69.8 Å². The third kappa shape index (κ3) is 5.83. The van der Waals surface area contributed by atoms with Gasteiger partial charge in [-0.25, -0.2) is 4.79 Å². The van der Waals surface area contributed by atoms with E-state index in [-0.39, 0.29) is 0 Å². The molecule has 0 spiro atoms. The average Bonchev–Trinajstić information content (AvgIpc) is 2.96. The second kappa shape index (κ2) is 8.44. The first-order valence-corrected chi connectivity index (χ1v) is 7.19. The smallest absolute Gasteiger partial charge is 0.326 e. The van der Waals surface area contributed by atoms with Gasteiger partial charge in [0.05, 0.1) is 18.6 Å². The average molecular weight is 331 g/mol. The van der Waals surface area contributed by atoms with Crippen molar-refractivity contribution < 1.29 is 34.5 Å². The Labute approximate surface area is 132 Å². The number of carbonyl (C=O) groups is 4. The molecule has 10 nitrogen and oxygen atoms in total. The molecule has 0 aromatic rings. The van der Waals surface area contributed by atoms with E-state index in [1.54, 1.807) is 0 Å². The van der Waals surface area contributed by atoms with Crippen molar-refractivity contribution in [3.63, 3.8) is 0 Å². The van der Waals surface area contributed by atoms with E-state index in [9.17, 15) is 24.3 Å². The van der Waals surface area contributed by atoms with Crippen LogP contribution in [0.25, 0.3) is 0 Å². The number of carboxylic acid groups (broad SMARTS) is 2. The minimum Gasteiger partial charge on any atom is -0.481 e. The molecule has 1 heterocycles. The van der Waals surface area contributed by atoms with Gasteiger partial charge in [-0.1, -0.05) is 0 Å². The lowest BCUT2D eigenvalue weighted by molar-refractivity contribution is -0.147. The quantitative estimate of drug-likeness (QED) is 0.287. The van der Waals surface area contributed by atoms with Crippen molar-refractivity contribution in [2.75, 3.05) is 6.54 Å². The Kier molecular flexibility index (Phi) is 6.91. The summed E-state index contributed by atoms with van der Waals surface area (Å²) in [4.78, 5) is 45.6. The second-order valence-corrected chi connectivity index (χ2v) is 5.37. The van der Waals surface area contributed by atoms with Crippen LogP contribution in [-0.2, 0) is 19.2 Å². The van der Waals surface area contributed by atoms with E-state index in [0.29, 0.717) is 13.0 Å². The first kappa shape index (κ1) is 18.8. The lowest BCUT2D eigenvalue weighted by atomic mass is 10.1. The highest BCUT2D eigenvalue weighted by Crippen LogP contribution is 2.06. The molecule has 1 saturated heterocycles. The van der Waals surface area contributed by atoms with Crippen LogP contribution in [0.3, 0.4) is 0 Å². The maximum Gasteiger partial charge on any atom is 0.326 e. The van der Waals surface area contributed by atoms with Gasteiger partial charge in [-0.05, 0) is 26.3 Å². The highest BCUT2D eigenvalue weighted by molar-refractivity contribution is 5.93.